The first-order chi connectivity index (χ1) is 15.4. The van der Waals surface area contributed by atoms with Crippen LogP contribution in [0.15, 0.2) is 59.4 Å². The largest absolute Gasteiger partial charge is 0.350 e. The fourth-order valence-electron chi connectivity index (χ4n) is 3.82. The minimum Gasteiger partial charge on any atom is -0.350 e. The number of carbonyl (C=O) groups is 1. The van der Waals surface area contributed by atoms with Crippen molar-refractivity contribution in [3.8, 4) is 5.69 Å². The van der Waals surface area contributed by atoms with E-state index in [-0.39, 0.29) is 18.0 Å². The van der Waals surface area contributed by atoms with Crippen LogP contribution < -0.4 is 10.9 Å². The molecule has 0 unspecified atom stereocenters. The van der Waals surface area contributed by atoms with E-state index >= 15 is 0 Å². The van der Waals surface area contributed by atoms with Crippen molar-refractivity contribution in [2.24, 2.45) is 0 Å². The zero-order chi connectivity index (χ0) is 22.8. The van der Waals surface area contributed by atoms with Crippen molar-refractivity contribution < 1.29 is 4.79 Å². The van der Waals surface area contributed by atoms with Crippen LogP contribution in [0.2, 0.25) is 5.02 Å². The second kappa shape index (κ2) is 8.96. The van der Waals surface area contributed by atoms with Gasteiger partial charge in [0.2, 0.25) is 5.91 Å². The molecule has 0 bridgehead atoms. The number of para-hydroxylation sites is 1. The van der Waals surface area contributed by atoms with Crippen molar-refractivity contribution in [1.29, 1.82) is 0 Å². The standard InChI is InChI=1S/C24H24ClN5O2/c1-4-20(23(31)26-14-17-10-8-9-13-19(17)25)30-24(32)21-16(3)29(18-11-6-5-7-12-18)28-22(21)15(2)27-30/h5-13,20H,4,14H2,1-3H3,(H,26,31)/t20-/m0/s1. The smallest absolute Gasteiger partial charge is 0.278 e. The summed E-state index contributed by atoms with van der Waals surface area (Å²) in [7, 11) is 0. The number of carbonyl (C=O) groups excluding carboxylic acids is 1. The number of hydrogen-bond donors (Lipinski definition) is 1. The molecule has 1 N–H and O–H groups in total. The first-order valence-corrected chi connectivity index (χ1v) is 10.9. The zero-order valence-corrected chi connectivity index (χ0v) is 18.9. The molecule has 7 nitrogen and oxygen atoms in total. The van der Waals surface area contributed by atoms with Crippen LogP contribution in [0.3, 0.4) is 0 Å². The summed E-state index contributed by atoms with van der Waals surface area (Å²) in [5, 5.41) is 13.0. The predicted octanol–water partition coefficient (Wildman–Crippen LogP) is 4.12. The van der Waals surface area contributed by atoms with Gasteiger partial charge in [0.25, 0.3) is 5.56 Å². The number of rotatable bonds is 6. The fraction of sp³-hybridized carbons (Fsp3) is 0.250. The summed E-state index contributed by atoms with van der Waals surface area (Å²) >= 11 is 6.19. The number of fused-ring (bicyclic) bond motifs is 1. The third-order valence-electron chi connectivity index (χ3n) is 5.53. The number of benzene rings is 2. The van der Waals surface area contributed by atoms with Crippen molar-refractivity contribution in [1.82, 2.24) is 24.9 Å². The molecule has 8 heteroatoms. The van der Waals surface area contributed by atoms with Crippen LogP contribution >= 0.6 is 11.6 Å². The summed E-state index contributed by atoms with van der Waals surface area (Å²) in [6, 6.07) is 16.2. The maximum atomic E-state index is 13.4. The lowest BCUT2D eigenvalue weighted by molar-refractivity contribution is -0.125. The molecule has 164 valence electrons. The van der Waals surface area contributed by atoms with Crippen molar-refractivity contribution in [2.45, 2.75) is 39.8 Å². The van der Waals surface area contributed by atoms with Gasteiger partial charge in [-0.3, -0.25) is 9.59 Å². The molecule has 0 saturated heterocycles. The first-order valence-electron chi connectivity index (χ1n) is 10.5. The summed E-state index contributed by atoms with van der Waals surface area (Å²) in [5.41, 5.74) is 3.18. The van der Waals surface area contributed by atoms with Crippen molar-refractivity contribution in [3.05, 3.63) is 86.9 Å². The molecule has 4 aromatic rings. The lowest BCUT2D eigenvalue weighted by Gasteiger charge is -2.17. The molecule has 1 atom stereocenters. The topological polar surface area (TPSA) is 81.8 Å². The summed E-state index contributed by atoms with van der Waals surface area (Å²) < 4.78 is 3.02. The van der Waals surface area contributed by atoms with Gasteiger partial charge in [-0.05, 0) is 44.0 Å². The summed E-state index contributed by atoms with van der Waals surface area (Å²) in [6.07, 6.45) is 0.415. The van der Waals surface area contributed by atoms with Crippen LogP contribution in [0.25, 0.3) is 16.6 Å². The number of nitrogens with zero attached hydrogens (tertiary/aromatic N) is 4. The lowest BCUT2D eigenvalue weighted by Crippen LogP contribution is -2.38. The van der Waals surface area contributed by atoms with E-state index in [1.54, 1.807) is 17.7 Å². The van der Waals surface area contributed by atoms with Gasteiger partial charge in [-0.2, -0.15) is 10.2 Å². The van der Waals surface area contributed by atoms with E-state index in [1.807, 2.05) is 62.4 Å². The first kappa shape index (κ1) is 21.8. The fourth-order valence-corrected chi connectivity index (χ4v) is 4.03. The van der Waals surface area contributed by atoms with Gasteiger partial charge in [0.1, 0.15) is 11.6 Å². The molecule has 2 aromatic carbocycles. The van der Waals surface area contributed by atoms with Crippen LogP contribution in [-0.4, -0.2) is 25.5 Å². The molecule has 0 aliphatic heterocycles. The van der Waals surface area contributed by atoms with Gasteiger partial charge in [-0.15, -0.1) is 0 Å². The second-order valence-electron chi connectivity index (χ2n) is 7.62. The van der Waals surface area contributed by atoms with E-state index < -0.39 is 6.04 Å². The molecular formula is C24H24ClN5O2. The average Bonchev–Trinajstić information content (AvgIpc) is 3.15. The Bertz CT molecular complexity index is 1340. The highest BCUT2D eigenvalue weighted by atomic mass is 35.5. The number of nitrogens with one attached hydrogen (secondary N) is 1. The maximum absolute atomic E-state index is 13.4. The monoisotopic (exact) mass is 449 g/mol. The van der Waals surface area contributed by atoms with E-state index in [1.165, 1.54) is 4.68 Å². The zero-order valence-electron chi connectivity index (χ0n) is 18.2. The van der Waals surface area contributed by atoms with Crippen molar-refractivity contribution in [2.75, 3.05) is 0 Å². The van der Waals surface area contributed by atoms with E-state index in [9.17, 15) is 9.59 Å². The second-order valence-corrected chi connectivity index (χ2v) is 8.03. The number of hydrogen-bond acceptors (Lipinski definition) is 4. The van der Waals surface area contributed by atoms with E-state index in [0.29, 0.717) is 33.7 Å². The molecule has 0 aliphatic rings. The van der Waals surface area contributed by atoms with Crippen molar-refractivity contribution >= 4 is 28.4 Å². The van der Waals surface area contributed by atoms with Gasteiger partial charge in [0.05, 0.1) is 22.5 Å². The SMILES string of the molecule is CC[C@@H](C(=O)NCc1ccccc1Cl)n1nc(C)c2nn(-c3ccccc3)c(C)c2c1=O. The molecule has 2 heterocycles. The molecule has 4 rings (SSSR count). The number of amides is 1. The van der Waals surface area contributed by atoms with Gasteiger partial charge in [-0.25, -0.2) is 9.36 Å². The molecule has 0 saturated carbocycles. The molecule has 0 aliphatic carbocycles. The number of halogens is 1. The highest BCUT2D eigenvalue weighted by Gasteiger charge is 2.25. The Kier molecular flexibility index (Phi) is 6.10. The molecule has 0 spiro atoms. The molecule has 32 heavy (non-hydrogen) atoms. The quantitative estimate of drug-likeness (QED) is 0.480. The summed E-state index contributed by atoms with van der Waals surface area (Å²) in [6.45, 7) is 5.78. The molecule has 0 fully saturated rings. The van der Waals surface area contributed by atoms with E-state index in [2.05, 4.69) is 15.5 Å². The number of aromatic nitrogens is 4. The van der Waals surface area contributed by atoms with E-state index in [4.69, 9.17) is 11.6 Å². The van der Waals surface area contributed by atoms with Crippen LogP contribution in [0.5, 0.6) is 0 Å². The Morgan fingerprint density at radius 2 is 1.75 bits per heavy atom. The molecule has 2 aromatic heterocycles. The van der Waals surface area contributed by atoms with Crippen molar-refractivity contribution in [3.63, 3.8) is 0 Å². The van der Waals surface area contributed by atoms with Crippen LogP contribution in [0, 0.1) is 13.8 Å². The third-order valence-corrected chi connectivity index (χ3v) is 5.90. The van der Waals surface area contributed by atoms with Gasteiger partial charge in [0, 0.05) is 11.6 Å². The third kappa shape index (κ3) is 3.91. The highest BCUT2D eigenvalue weighted by Crippen LogP contribution is 2.21. The Morgan fingerprint density at radius 1 is 1.06 bits per heavy atom. The van der Waals surface area contributed by atoms with Crippen LogP contribution in [-0.2, 0) is 11.3 Å². The summed E-state index contributed by atoms with van der Waals surface area (Å²) in [4.78, 5) is 26.4. The summed E-state index contributed by atoms with van der Waals surface area (Å²) in [5.74, 6) is -0.283. The van der Waals surface area contributed by atoms with E-state index in [0.717, 1.165) is 11.3 Å². The minimum absolute atomic E-state index is 0.274. The van der Waals surface area contributed by atoms with Crippen LogP contribution in [0.1, 0.15) is 36.3 Å². The lowest BCUT2D eigenvalue weighted by atomic mass is 10.1. The molecule has 0 radical (unpaired) electrons. The van der Waals surface area contributed by atoms with Gasteiger partial charge in [-0.1, -0.05) is 54.9 Å². The Morgan fingerprint density at radius 3 is 2.44 bits per heavy atom. The molecule has 1 amide bonds. The molecular weight excluding hydrogens is 426 g/mol. The number of aryl methyl sites for hydroxylation is 2. The van der Waals surface area contributed by atoms with Gasteiger partial charge >= 0.3 is 0 Å². The van der Waals surface area contributed by atoms with Gasteiger partial charge < -0.3 is 5.32 Å². The minimum atomic E-state index is -0.743. The average molecular weight is 450 g/mol. The Labute approximate surface area is 190 Å². The van der Waals surface area contributed by atoms with Crippen LogP contribution in [0.4, 0.5) is 0 Å². The normalized spacial score (nSPS) is 12.1. The maximum Gasteiger partial charge on any atom is 0.278 e. The Hall–Kier alpha value is -3.45. The predicted molar refractivity (Wildman–Crippen MR) is 125 cm³/mol. The van der Waals surface area contributed by atoms with Gasteiger partial charge in [0.15, 0.2) is 0 Å². The Balaban J connectivity index is 1.72. The highest BCUT2D eigenvalue weighted by molar-refractivity contribution is 6.31.